The number of fused-ring (bicyclic) bond motifs is 3. The summed E-state index contributed by atoms with van der Waals surface area (Å²) in [6, 6.07) is 7.97. The molecule has 0 radical (unpaired) electrons. The van der Waals surface area contributed by atoms with Crippen LogP contribution in [-0.2, 0) is 40.1 Å². The van der Waals surface area contributed by atoms with E-state index >= 15 is 0 Å². The molecular formula is C25H25F3N2O3. The second kappa shape index (κ2) is 9.68. The van der Waals surface area contributed by atoms with Crippen LogP contribution in [-0.4, -0.2) is 29.1 Å². The van der Waals surface area contributed by atoms with Crippen LogP contribution in [0.3, 0.4) is 0 Å². The van der Waals surface area contributed by atoms with E-state index in [1.54, 1.807) is 13.0 Å². The molecule has 0 fully saturated rings. The van der Waals surface area contributed by atoms with Crippen molar-refractivity contribution in [3.8, 4) is 0 Å². The van der Waals surface area contributed by atoms with Crippen LogP contribution in [0.4, 0.5) is 13.2 Å². The van der Waals surface area contributed by atoms with Crippen LogP contribution in [0.15, 0.2) is 36.4 Å². The van der Waals surface area contributed by atoms with Crippen LogP contribution in [0, 0.1) is 17.5 Å². The minimum atomic E-state index is -0.931. The lowest BCUT2D eigenvalue weighted by atomic mass is 9.91. The number of hydrogen-bond donors (Lipinski definition) is 1. The largest absolute Gasteiger partial charge is 0.465 e. The molecule has 1 atom stereocenters. The molecule has 0 aliphatic heterocycles. The van der Waals surface area contributed by atoms with E-state index in [1.165, 1.54) is 18.2 Å². The highest BCUT2D eigenvalue weighted by Crippen LogP contribution is 2.33. The zero-order valence-corrected chi connectivity index (χ0v) is 18.3. The number of aromatic nitrogens is 1. The van der Waals surface area contributed by atoms with Gasteiger partial charge in [0, 0.05) is 29.1 Å². The molecule has 1 amide bonds. The van der Waals surface area contributed by atoms with Gasteiger partial charge in [-0.15, -0.1) is 0 Å². The maximum Gasteiger partial charge on any atom is 0.325 e. The summed E-state index contributed by atoms with van der Waals surface area (Å²) in [5.41, 5.74) is 3.19. The summed E-state index contributed by atoms with van der Waals surface area (Å²) in [5, 5.41) is 3.74. The van der Waals surface area contributed by atoms with Crippen LogP contribution in [0.25, 0.3) is 10.9 Å². The van der Waals surface area contributed by atoms with Crippen molar-refractivity contribution in [3.05, 3.63) is 70.7 Å². The van der Waals surface area contributed by atoms with Crippen LogP contribution in [0.1, 0.15) is 36.6 Å². The molecule has 0 saturated carbocycles. The van der Waals surface area contributed by atoms with E-state index in [0.29, 0.717) is 31.2 Å². The molecular weight excluding hydrogens is 433 g/mol. The Morgan fingerprint density at radius 2 is 1.94 bits per heavy atom. The summed E-state index contributed by atoms with van der Waals surface area (Å²) in [6.45, 7) is 2.08. The van der Waals surface area contributed by atoms with Gasteiger partial charge >= 0.3 is 5.97 Å². The quantitative estimate of drug-likeness (QED) is 0.539. The minimum Gasteiger partial charge on any atom is -0.465 e. The predicted molar refractivity (Wildman–Crippen MR) is 117 cm³/mol. The number of aryl methyl sites for hydroxylation is 1. The number of nitrogens with zero attached hydrogens (tertiary/aromatic N) is 1. The third-order valence-corrected chi connectivity index (χ3v) is 6.01. The first-order valence-corrected chi connectivity index (χ1v) is 11.0. The Labute approximate surface area is 189 Å². The fourth-order valence-corrected chi connectivity index (χ4v) is 4.51. The van der Waals surface area contributed by atoms with E-state index in [4.69, 9.17) is 4.74 Å². The summed E-state index contributed by atoms with van der Waals surface area (Å²) in [4.78, 5) is 24.6. The lowest BCUT2D eigenvalue weighted by Crippen LogP contribution is -2.39. The normalized spacial score (nSPS) is 15.3. The number of carbonyl (C=O) groups excluding carboxylic acids is 2. The highest BCUT2D eigenvalue weighted by atomic mass is 19.2. The Morgan fingerprint density at radius 1 is 1.12 bits per heavy atom. The molecule has 5 nitrogen and oxygen atoms in total. The van der Waals surface area contributed by atoms with Crippen molar-refractivity contribution in [1.29, 1.82) is 0 Å². The van der Waals surface area contributed by atoms with Crippen LogP contribution in [0.2, 0.25) is 0 Å². The Kier molecular flexibility index (Phi) is 6.72. The molecule has 0 spiro atoms. The Balaban J connectivity index is 1.47. The maximum atomic E-state index is 14.0. The first kappa shape index (κ1) is 22.9. The van der Waals surface area contributed by atoms with Crippen molar-refractivity contribution in [2.24, 2.45) is 0 Å². The Hall–Kier alpha value is -3.29. The van der Waals surface area contributed by atoms with Crippen molar-refractivity contribution in [2.45, 2.75) is 51.6 Å². The van der Waals surface area contributed by atoms with E-state index in [2.05, 4.69) is 5.32 Å². The summed E-state index contributed by atoms with van der Waals surface area (Å²) in [5.74, 6) is -2.75. The maximum absolute atomic E-state index is 14.0. The van der Waals surface area contributed by atoms with Gasteiger partial charge in [0.05, 0.1) is 6.61 Å². The van der Waals surface area contributed by atoms with E-state index in [0.717, 1.165) is 34.3 Å². The SMILES string of the molecule is CCOC(=O)Cn1c2c(c3cc(F)ccc31)C[C@@H](NC(=O)CCc1ccc(F)c(F)c1)CC2. The molecule has 4 rings (SSSR count). The standard InChI is InChI=1S/C25H25F3N2O3/c1-2-33-25(32)14-30-22-8-5-16(26)12-18(22)19-13-17(6-9-23(19)30)29-24(31)10-4-15-3-7-20(27)21(28)11-15/h3,5,7-8,11-12,17H,2,4,6,9-10,13-14H2,1H3,(H,29,31)/t17-/m0/s1. The molecule has 174 valence electrons. The zero-order valence-electron chi connectivity index (χ0n) is 18.3. The lowest BCUT2D eigenvalue weighted by molar-refractivity contribution is -0.143. The van der Waals surface area contributed by atoms with E-state index in [1.807, 2.05) is 4.57 Å². The van der Waals surface area contributed by atoms with Crippen molar-refractivity contribution in [3.63, 3.8) is 0 Å². The molecule has 1 N–H and O–H groups in total. The van der Waals surface area contributed by atoms with Gasteiger partial charge in [-0.3, -0.25) is 9.59 Å². The molecule has 1 aliphatic rings. The molecule has 33 heavy (non-hydrogen) atoms. The van der Waals surface area contributed by atoms with Gasteiger partial charge in [0.1, 0.15) is 12.4 Å². The van der Waals surface area contributed by atoms with Gasteiger partial charge in [-0.1, -0.05) is 6.07 Å². The lowest BCUT2D eigenvalue weighted by Gasteiger charge is -2.25. The van der Waals surface area contributed by atoms with E-state index in [9.17, 15) is 22.8 Å². The average Bonchev–Trinajstić information content (AvgIpc) is 3.07. The fraction of sp³-hybridized carbons (Fsp3) is 0.360. The molecule has 1 heterocycles. The van der Waals surface area contributed by atoms with Gasteiger partial charge < -0.3 is 14.6 Å². The number of ether oxygens (including phenoxy) is 1. The molecule has 2 aromatic carbocycles. The monoisotopic (exact) mass is 458 g/mol. The van der Waals surface area contributed by atoms with Crippen molar-refractivity contribution >= 4 is 22.8 Å². The van der Waals surface area contributed by atoms with Crippen molar-refractivity contribution < 1.29 is 27.5 Å². The summed E-state index contributed by atoms with van der Waals surface area (Å²) >= 11 is 0. The Morgan fingerprint density at radius 3 is 2.70 bits per heavy atom. The van der Waals surface area contributed by atoms with Crippen LogP contribution in [0.5, 0.6) is 0 Å². The summed E-state index contributed by atoms with van der Waals surface area (Å²) < 4.78 is 47.4. The van der Waals surface area contributed by atoms with Gasteiger partial charge in [0.25, 0.3) is 0 Å². The number of carbonyl (C=O) groups is 2. The Bertz CT molecular complexity index is 1210. The molecule has 8 heteroatoms. The summed E-state index contributed by atoms with van der Waals surface area (Å²) in [6.07, 6.45) is 2.26. The smallest absolute Gasteiger partial charge is 0.325 e. The molecule has 0 bridgehead atoms. The molecule has 1 aliphatic carbocycles. The fourth-order valence-electron chi connectivity index (χ4n) is 4.51. The van der Waals surface area contributed by atoms with Crippen molar-refractivity contribution in [2.75, 3.05) is 6.61 Å². The average molecular weight is 458 g/mol. The topological polar surface area (TPSA) is 60.3 Å². The second-order valence-corrected chi connectivity index (χ2v) is 8.23. The molecule has 0 unspecified atom stereocenters. The molecule has 1 aromatic heterocycles. The van der Waals surface area contributed by atoms with Crippen LogP contribution >= 0.6 is 0 Å². The first-order chi connectivity index (χ1) is 15.9. The number of hydrogen-bond acceptors (Lipinski definition) is 3. The van der Waals surface area contributed by atoms with Crippen molar-refractivity contribution in [1.82, 2.24) is 9.88 Å². The number of rotatable bonds is 7. The number of esters is 1. The number of nitrogens with one attached hydrogen (secondary N) is 1. The summed E-state index contributed by atoms with van der Waals surface area (Å²) in [7, 11) is 0. The number of amides is 1. The van der Waals surface area contributed by atoms with E-state index in [-0.39, 0.29) is 43.3 Å². The van der Waals surface area contributed by atoms with E-state index < -0.39 is 11.6 Å². The highest BCUT2D eigenvalue weighted by Gasteiger charge is 2.27. The van der Waals surface area contributed by atoms with Gasteiger partial charge in [-0.25, -0.2) is 13.2 Å². The molecule has 0 saturated heterocycles. The number of benzene rings is 2. The highest BCUT2D eigenvalue weighted by molar-refractivity contribution is 5.87. The second-order valence-electron chi connectivity index (χ2n) is 8.23. The van der Waals surface area contributed by atoms with Gasteiger partial charge in [0.15, 0.2) is 11.6 Å². The van der Waals surface area contributed by atoms with Crippen LogP contribution < -0.4 is 5.32 Å². The minimum absolute atomic E-state index is 0.0521. The third kappa shape index (κ3) is 5.05. The first-order valence-electron chi connectivity index (χ1n) is 11.0. The van der Waals surface area contributed by atoms with Gasteiger partial charge in [-0.2, -0.15) is 0 Å². The van der Waals surface area contributed by atoms with Gasteiger partial charge in [0.2, 0.25) is 5.91 Å². The third-order valence-electron chi connectivity index (χ3n) is 6.01. The number of halogens is 3. The van der Waals surface area contributed by atoms with Gasteiger partial charge in [-0.05, 0) is 74.1 Å². The molecule has 3 aromatic rings. The zero-order chi connectivity index (χ0) is 23.5. The predicted octanol–water partition coefficient (Wildman–Crippen LogP) is 4.23.